The Bertz CT molecular complexity index is 1160. The summed E-state index contributed by atoms with van der Waals surface area (Å²) in [6.07, 6.45) is 1.06. The second-order valence-corrected chi connectivity index (χ2v) is 11.1. The van der Waals surface area contributed by atoms with Crippen molar-refractivity contribution in [2.24, 2.45) is 5.92 Å². The molecule has 9 heteroatoms. The van der Waals surface area contributed by atoms with Gasteiger partial charge in [-0.1, -0.05) is 60.3 Å². The van der Waals surface area contributed by atoms with Crippen molar-refractivity contribution in [3.63, 3.8) is 0 Å². The van der Waals surface area contributed by atoms with Crippen molar-refractivity contribution in [2.75, 3.05) is 16.8 Å². The number of benzene rings is 2. The van der Waals surface area contributed by atoms with Crippen molar-refractivity contribution in [3.8, 4) is 11.1 Å². The van der Waals surface area contributed by atoms with Crippen molar-refractivity contribution >= 4 is 33.2 Å². The first kappa shape index (κ1) is 21.6. The van der Waals surface area contributed by atoms with E-state index in [1.54, 1.807) is 6.92 Å². The summed E-state index contributed by atoms with van der Waals surface area (Å²) in [5.74, 6) is 0.632. The molecule has 4 rings (SSSR count). The van der Waals surface area contributed by atoms with Crippen LogP contribution in [0.3, 0.4) is 0 Å². The Morgan fingerprint density at radius 3 is 2.65 bits per heavy atom. The van der Waals surface area contributed by atoms with E-state index >= 15 is 0 Å². The summed E-state index contributed by atoms with van der Waals surface area (Å²) in [6.45, 7) is 1.78. The SMILES string of the molecule is C[C@@H](Sc1nnc(C[C@@H]2CCS(=O)(=O)C2)o1)C(=O)Nc1ccccc1-c1ccccc1. The van der Waals surface area contributed by atoms with Gasteiger partial charge in [0.05, 0.1) is 16.8 Å². The second kappa shape index (κ2) is 9.23. The highest BCUT2D eigenvalue weighted by Crippen LogP contribution is 2.30. The zero-order valence-corrected chi connectivity index (χ0v) is 18.7. The minimum Gasteiger partial charge on any atom is -0.416 e. The standard InChI is InChI=1S/C22H23N3O4S2/c1-15(30-22-25-24-20(29-22)13-16-11-12-31(27,28)14-16)21(26)23-19-10-6-5-9-18(19)17-7-3-2-4-8-17/h2-10,15-16H,11-14H2,1H3,(H,23,26)/t15-,16+/m1/s1. The topological polar surface area (TPSA) is 102 Å². The van der Waals surface area contributed by atoms with Gasteiger partial charge in [-0.25, -0.2) is 8.42 Å². The molecule has 1 aromatic heterocycles. The van der Waals surface area contributed by atoms with Gasteiger partial charge >= 0.3 is 0 Å². The number of nitrogens with zero attached hydrogens (tertiary/aromatic N) is 2. The first-order valence-electron chi connectivity index (χ1n) is 10.0. The number of sulfone groups is 1. The molecular weight excluding hydrogens is 434 g/mol. The van der Waals surface area contributed by atoms with E-state index in [2.05, 4.69) is 15.5 Å². The van der Waals surface area contributed by atoms with Crippen LogP contribution in [-0.2, 0) is 21.1 Å². The summed E-state index contributed by atoms with van der Waals surface area (Å²) in [6, 6.07) is 17.5. The van der Waals surface area contributed by atoms with Crippen LogP contribution < -0.4 is 5.32 Å². The van der Waals surface area contributed by atoms with Gasteiger partial charge in [0.2, 0.25) is 11.8 Å². The van der Waals surface area contributed by atoms with Crippen LogP contribution in [0, 0.1) is 5.92 Å². The largest absolute Gasteiger partial charge is 0.416 e. The van der Waals surface area contributed by atoms with Crippen LogP contribution in [0.15, 0.2) is 64.2 Å². The molecule has 1 N–H and O–H groups in total. The molecule has 0 aliphatic carbocycles. The number of thioether (sulfide) groups is 1. The van der Waals surface area contributed by atoms with E-state index in [-0.39, 0.29) is 23.3 Å². The Morgan fingerprint density at radius 1 is 1.16 bits per heavy atom. The molecular formula is C22H23N3O4S2. The molecule has 0 saturated carbocycles. The van der Waals surface area contributed by atoms with Crippen molar-refractivity contribution in [1.82, 2.24) is 10.2 Å². The molecule has 1 amide bonds. The lowest BCUT2D eigenvalue weighted by Crippen LogP contribution is -2.22. The second-order valence-electron chi connectivity index (χ2n) is 7.60. The lowest BCUT2D eigenvalue weighted by molar-refractivity contribution is -0.115. The number of aromatic nitrogens is 2. The Balaban J connectivity index is 1.37. The van der Waals surface area contributed by atoms with Crippen molar-refractivity contribution in [1.29, 1.82) is 0 Å². The van der Waals surface area contributed by atoms with Gasteiger partial charge in [-0.2, -0.15) is 0 Å². The van der Waals surface area contributed by atoms with Gasteiger partial charge in [0.25, 0.3) is 5.22 Å². The molecule has 1 fully saturated rings. The Hall–Kier alpha value is -2.65. The van der Waals surface area contributed by atoms with Gasteiger partial charge in [-0.15, -0.1) is 10.2 Å². The third-order valence-electron chi connectivity index (χ3n) is 5.15. The molecule has 1 aliphatic heterocycles. The predicted octanol–water partition coefficient (Wildman–Crippen LogP) is 3.83. The summed E-state index contributed by atoms with van der Waals surface area (Å²) in [7, 11) is -2.94. The first-order chi connectivity index (χ1) is 14.9. The summed E-state index contributed by atoms with van der Waals surface area (Å²) in [5, 5.41) is 10.9. The predicted molar refractivity (Wildman–Crippen MR) is 121 cm³/mol. The molecule has 0 spiro atoms. The molecule has 7 nitrogen and oxygen atoms in total. The van der Waals surface area contributed by atoms with Crippen molar-refractivity contribution in [3.05, 3.63) is 60.5 Å². The fourth-order valence-corrected chi connectivity index (χ4v) is 6.11. The number of rotatable bonds is 7. The lowest BCUT2D eigenvalue weighted by atomic mass is 10.0. The molecule has 1 saturated heterocycles. The minimum atomic E-state index is -2.94. The van der Waals surface area contributed by atoms with Crippen molar-refractivity contribution < 1.29 is 17.6 Å². The molecule has 162 valence electrons. The van der Waals surface area contributed by atoms with E-state index in [1.807, 2.05) is 54.6 Å². The number of carbonyl (C=O) groups is 1. The Labute approximate surface area is 185 Å². The summed E-state index contributed by atoms with van der Waals surface area (Å²) < 4.78 is 28.9. The number of amides is 1. The van der Waals surface area contributed by atoms with E-state index in [9.17, 15) is 13.2 Å². The fraction of sp³-hybridized carbons (Fsp3) is 0.318. The molecule has 1 aliphatic rings. The monoisotopic (exact) mass is 457 g/mol. The van der Waals surface area contributed by atoms with Crippen LogP contribution in [0.25, 0.3) is 11.1 Å². The molecule has 2 heterocycles. The highest BCUT2D eigenvalue weighted by molar-refractivity contribution is 8.00. The van der Waals surface area contributed by atoms with Gasteiger partial charge in [0, 0.05) is 17.7 Å². The average molecular weight is 458 g/mol. The molecule has 31 heavy (non-hydrogen) atoms. The first-order valence-corrected chi connectivity index (χ1v) is 12.7. The number of hydrogen-bond acceptors (Lipinski definition) is 7. The molecule has 2 aromatic carbocycles. The van der Waals surface area contributed by atoms with Crippen LogP contribution in [-0.4, -0.2) is 41.3 Å². The van der Waals surface area contributed by atoms with Gasteiger partial charge in [0.1, 0.15) is 0 Å². The van der Waals surface area contributed by atoms with E-state index in [4.69, 9.17) is 4.42 Å². The molecule has 2 atom stereocenters. The van der Waals surface area contributed by atoms with E-state index in [0.717, 1.165) is 16.8 Å². The fourth-order valence-electron chi connectivity index (χ4n) is 3.55. The summed E-state index contributed by atoms with van der Waals surface area (Å²) in [4.78, 5) is 12.8. The average Bonchev–Trinajstić information content (AvgIpc) is 3.34. The minimum absolute atomic E-state index is 0.0125. The van der Waals surface area contributed by atoms with Gasteiger partial charge in [-0.05, 0) is 30.9 Å². The summed E-state index contributed by atoms with van der Waals surface area (Å²) >= 11 is 1.18. The van der Waals surface area contributed by atoms with Crippen LogP contribution in [0.2, 0.25) is 0 Å². The van der Waals surface area contributed by atoms with Crippen LogP contribution in [0.5, 0.6) is 0 Å². The smallest absolute Gasteiger partial charge is 0.277 e. The van der Waals surface area contributed by atoms with E-state index < -0.39 is 15.1 Å². The number of anilines is 1. The van der Waals surface area contributed by atoms with Gasteiger partial charge < -0.3 is 9.73 Å². The molecule has 3 aromatic rings. The normalized spacial score (nSPS) is 18.5. The zero-order valence-electron chi connectivity index (χ0n) is 17.0. The van der Waals surface area contributed by atoms with Crippen LogP contribution in [0.4, 0.5) is 5.69 Å². The highest BCUT2D eigenvalue weighted by Gasteiger charge is 2.29. The van der Waals surface area contributed by atoms with E-state index in [0.29, 0.717) is 24.0 Å². The lowest BCUT2D eigenvalue weighted by Gasteiger charge is -2.14. The molecule has 0 radical (unpaired) electrons. The van der Waals surface area contributed by atoms with Crippen LogP contribution in [0.1, 0.15) is 19.2 Å². The third kappa shape index (κ3) is 5.54. The number of hydrogen-bond donors (Lipinski definition) is 1. The molecule has 0 bridgehead atoms. The quantitative estimate of drug-likeness (QED) is 0.538. The van der Waals surface area contributed by atoms with Gasteiger partial charge in [0.15, 0.2) is 9.84 Å². The number of para-hydroxylation sites is 1. The Kier molecular flexibility index (Phi) is 6.43. The highest BCUT2D eigenvalue weighted by atomic mass is 32.2. The van der Waals surface area contributed by atoms with Crippen LogP contribution >= 0.6 is 11.8 Å². The maximum Gasteiger partial charge on any atom is 0.277 e. The zero-order chi connectivity index (χ0) is 21.8. The van der Waals surface area contributed by atoms with Crippen molar-refractivity contribution in [2.45, 2.75) is 30.2 Å². The molecule has 0 unspecified atom stereocenters. The number of carbonyl (C=O) groups excluding carboxylic acids is 1. The summed E-state index contributed by atoms with van der Waals surface area (Å²) in [5.41, 5.74) is 2.70. The maximum absolute atomic E-state index is 12.8. The maximum atomic E-state index is 12.8. The third-order valence-corrected chi connectivity index (χ3v) is 7.93. The van der Waals surface area contributed by atoms with Gasteiger partial charge in [-0.3, -0.25) is 4.79 Å². The Morgan fingerprint density at radius 2 is 1.90 bits per heavy atom. The number of nitrogens with one attached hydrogen (secondary N) is 1. The van der Waals surface area contributed by atoms with E-state index in [1.165, 1.54) is 11.8 Å².